The summed E-state index contributed by atoms with van der Waals surface area (Å²) in [5, 5.41) is 14.3. The fourth-order valence-corrected chi connectivity index (χ4v) is 3.21. The molecule has 4 aromatic rings. The molecule has 3 aromatic carbocycles. The van der Waals surface area contributed by atoms with Crippen molar-refractivity contribution < 1.29 is 23.9 Å². The maximum Gasteiger partial charge on any atom is 0.269 e. The van der Waals surface area contributed by atoms with Crippen LogP contribution in [0.2, 0.25) is 0 Å². The van der Waals surface area contributed by atoms with Crippen LogP contribution < -0.4 is 19.5 Å². The molecule has 0 aliphatic heterocycles. The molecule has 1 heterocycles. The summed E-state index contributed by atoms with van der Waals surface area (Å²) in [5.41, 5.74) is 1.48. The van der Waals surface area contributed by atoms with Gasteiger partial charge in [0.25, 0.3) is 11.6 Å². The summed E-state index contributed by atoms with van der Waals surface area (Å²) < 4.78 is 16.7. The Morgan fingerprint density at radius 2 is 1.58 bits per heavy atom. The molecule has 0 saturated heterocycles. The summed E-state index contributed by atoms with van der Waals surface area (Å²) in [4.78, 5) is 27.0. The van der Waals surface area contributed by atoms with Crippen molar-refractivity contribution in [3.63, 3.8) is 0 Å². The standard InChI is InChI=1S/C24H19N3O6/c1-31-22-13-19-20(14-23(22)32-2)25-12-11-21(19)33-18-9-5-16(6-10-18)26-24(28)15-3-7-17(8-4-15)27(29)30/h3-14H,1-2H3,(H,26,28). The second-order valence-electron chi connectivity index (χ2n) is 6.92. The van der Waals surface area contributed by atoms with Crippen molar-refractivity contribution in [1.82, 2.24) is 4.98 Å². The molecule has 9 heteroatoms. The van der Waals surface area contributed by atoms with Gasteiger partial charge in [0, 0.05) is 41.0 Å². The van der Waals surface area contributed by atoms with Crippen LogP contribution in [-0.2, 0) is 0 Å². The minimum Gasteiger partial charge on any atom is -0.493 e. The maximum absolute atomic E-state index is 12.4. The predicted molar refractivity (Wildman–Crippen MR) is 122 cm³/mol. The number of amides is 1. The van der Waals surface area contributed by atoms with E-state index in [1.54, 1.807) is 62.9 Å². The molecule has 0 fully saturated rings. The van der Waals surface area contributed by atoms with Crippen LogP contribution >= 0.6 is 0 Å². The molecule has 0 radical (unpaired) electrons. The van der Waals surface area contributed by atoms with Crippen LogP contribution in [0.4, 0.5) is 11.4 Å². The topological polar surface area (TPSA) is 113 Å². The van der Waals surface area contributed by atoms with Gasteiger partial charge in [0.2, 0.25) is 0 Å². The van der Waals surface area contributed by atoms with Gasteiger partial charge in [-0.15, -0.1) is 0 Å². The summed E-state index contributed by atoms with van der Waals surface area (Å²) in [6.07, 6.45) is 1.64. The second kappa shape index (κ2) is 9.23. The average Bonchev–Trinajstić information content (AvgIpc) is 2.84. The van der Waals surface area contributed by atoms with E-state index in [1.165, 1.54) is 24.3 Å². The Morgan fingerprint density at radius 1 is 0.909 bits per heavy atom. The second-order valence-corrected chi connectivity index (χ2v) is 6.92. The summed E-state index contributed by atoms with van der Waals surface area (Å²) in [6, 6.07) is 17.6. The number of methoxy groups -OCH3 is 2. The number of carbonyl (C=O) groups is 1. The van der Waals surface area contributed by atoms with E-state index in [4.69, 9.17) is 14.2 Å². The zero-order valence-electron chi connectivity index (χ0n) is 17.8. The van der Waals surface area contributed by atoms with E-state index in [0.717, 1.165) is 5.39 Å². The Labute approximate surface area is 188 Å². The Kier molecular flexibility index (Phi) is 6.03. The van der Waals surface area contributed by atoms with E-state index in [9.17, 15) is 14.9 Å². The van der Waals surface area contributed by atoms with Crippen LogP contribution in [0.5, 0.6) is 23.0 Å². The van der Waals surface area contributed by atoms with Gasteiger partial charge in [-0.25, -0.2) is 0 Å². The molecule has 33 heavy (non-hydrogen) atoms. The highest BCUT2D eigenvalue weighted by Crippen LogP contribution is 2.37. The number of nitro benzene ring substituents is 1. The monoisotopic (exact) mass is 445 g/mol. The zero-order valence-corrected chi connectivity index (χ0v) is 17.8. The molecular formula is C24H19N3O6. The summed E-state index contributed by atoms with van der Waals surface area (Å²) >= 11 is 0. The van der Waals surface area contributed by atoms with Gasteiger partial charge in [-0.1, -0.05) is 0 Å². The van der Waals surface area contributed by atoms with Gasteiger partial charge in [-0.2, -0.15) is 0 Å². The van der Waals surface area contributed by atoms with Gasteiger partial charge < -0.3 is 19.5 Å². The molecule has 0 aliphatic carbocycles. The van der Waals surface area contributed by atoms with Crippen molar-refractivity contribution in [3.05, 3.63) is 88.6 Å². The van der Waals surface area contributed by atoms with Crippen LogP contribution in [0.3, 0.4) is 0 Å². The lowest BCUT2D eigenvalue weighted by atomic mass is 10.1. The smallest absolute Gasteiger partial charge is 0.269 e. The first kappa shape index (κ1) is 21.6. The molecule has 166 valence electrons. The van der Waals surface area contributed by atoms with E-state index < -0.39 is 4.92 Å². The number of rotatable bonds is 7. The third kappa shape index (κ3) is 4.67. The molecule has 1 amide bonds. The van der Waals surface area contributed by atoms with Gasteiger partial charge in [0.1, 0.15) is 11.5 Å². The molecule has 1 aromatic heterocycles. The van der Waals surface area contributed by atoms with Gasteiger partial charge >= 0.3 is 0 Å². The highest BCUT2D eigenvalue weighted by molar-refractivity contribution is 6.04. The van der Waals surface area contributed by atoms with Gasteiger partial charge in [-0.05, 0) is 48.5 Å². The van der Waals surface area contributed by atoms with Gasteiger partial charge in [0.15, 0.2) is 11.5 Å². The summed E-state index contributed by atoms with van der Waals surface area (Å²) in [6.45, 7) is 0. The first-order valence-corrected chi connectivity index (χ1v) is 9.83. The predicted octanol–water partition coefficient (Wildman–Crippen LogP) is 5.20. The number of hydrogen-bond acceptors (Lipinski definition) is 7. The lowest BCUT2D eigenvalue weighted by Gasteiger charge is -2.12. The molecule has 0 spiro atoms. The molecule has 9 nitrogen and oxygen atoms in total. The van der Waals surface area contributed by atoms with Gasteiger partial charge in [-0.3, -0.25) is 19.9 Å². The fourth-order valence-electron chi connectivity index (χ4n) is 3.21. The lowest BCUT2D eigenvalue weighted by Crippen LogP contribution is -2.11. The van der Waals surface area contributed by atoms with E-state index in [1.807, 2.05) is 0 Å². The van der Waals surface area contributed by atoms with Crippen LogP contribution in [0.1, 0.15) is 10.4 Å². The number of pyridine rings is 1. The minimum absolute atomic E-state index is 0.0762. The van der Waals surface area contributed by atoms with Crippen molar-refractivity contribution in [2.45, 2.75) is 0 Å². The number of benzene rings is 3. The highest BCUT2D eigenvalue weighted by Gasteiger charge is 2.12. The van der Waals surface area contributed by atoms with Crippen LogP contribution in [0.25, 0.3) is 10.9 Å². The van der Waals surface area contributed by atoms with Crippen molar-refractivity contribution in [2.24, 2.45) is 0 Å². The van der Waals surface area contributed by atoms with E-state index in [2.05, 4.69) is 10.3 Å². The number of nitrogens with zero attached hydrogens (tertiary/aromatic N) is 2. The molecule has 1 N–H and O–H groups in total. The molecule has 0 saturated carbocycles. The molecule has 0 bridgehead atoms. The van der Waals surface area contributed by atoms with E-state index >= 15 is 0 Å². The number of nitrogens with one attached hydrogen (secondary N) is 1. The van der Waals surface area contributed by atoms with Crippen molar-refractivity contribution in [3.8, 4) is 23.0 Å². The normalized spacial score (nSPS) is 10.5. The number of anilines is 1. The largest absolute Gasteiger partial charge is 0.493 e. The Balaban J connectivity index is 1.50. The Hall–Kier alpha value is -4.66. The number of aromatic nitrogens is 1. The maximum atomic E-state index is 12.4. The first-order chi connectivity index (χ1) is 16.0. The Bertz CT molecular complexity index is 1320. The number of fused-ring (bicyclic) bond motifs is 1. The minimum atomic E-state index is -0.515. The summed E-state index contributed by atoms with van der Waals surface area (Å²) in [5.74, 6) is 1.91. The van der Waals surface area contributed by atoms with Crippen LogP contribution in [-0.4, -0.2) is 30.0 Å². The van der Waals surface area contributed by atoms with Gasteiger partial charge in [0.05, 0.1) is 24.7 Å². The molecular weight excluding hydrogens is 426 g/mol. The number of hydrogen-bond donors (Lipinski definition) is 1. The third-order valence-electron chi connectivity index (χ3n) is 4.89. The summed E-state index contributed by atoms with van der Waals surface area (Å²) in [7, 11) is 3.12. The molecule has 4 rings (SSSR count). The average molecular weight is 445 g/mol. The van der Waals surface area contributed by atoms with Crippen molar-refractivity contribution in [2.75, 3.05) is 19.5 Å². The first-order valence-electron chi connectivity index (χ1n) is 9.83. The number of non-ortho nitro benzene ring substituents is 1. The lowest BCUT2D eigenvalue weighted by molar-refractivity contribution is -0.384. The quantitative estimate of drug-likeness (QED) is 0.307. The molecule has 0 aliphatic rings. The molecule has 0 unspecified atom stereocenters. The van der Waals surface area contributed by atoms with Crippen LogP contribution in [0.15, 0.2) is 72.9 Å². The molecule has 0 atom stereocenters. The third-order valence-corrected chi connectivity index (χ3v) is 4.89. The highest BCUT2D eigenvalue weighted by atomic mass is 16.6. The Morgan fingerprint density at radius 3 is 2.21 bits per heavy atom. The number of carbonyl (C=O) groups excluding carboxylic acids is 1. The van der Waals surface area contributed by atoms with E-state index in [0.29, 0.717) is 39.8 Å². The SMILES string of the molecule is COc1cc2nccc(Oc3ccc(NC(=O)c4ccc([N+](=O)[O-])cc4)cc3)c2cc1OC. The van der Waals surface area contributed by atoms with Crippen molar-refractivity contribution in [1.29, 1.82) is 0 Å². The van der Waals surface area contributed by atoms with E-state index in [-0.39, 0.29) is 11.6 Å². The van der Waals surface area contributed by atoms with Crippen LogP contribution in [0, 0.1) is 10.1 Å². The fraction of sp³-hybridized carbons (Fsp3) is 0.0833. The van der Waals surface area contributed by atoms with Crippen molar-refractivity contribution >= 4 is 28.2 Å². The number of nitro groups is 1. The number of ether oxygens (including phenoxy) is 3. The zero-order chi connectivity index (χ0) is 23.4.